The van der Waals surface area contributed by atoms with Gasteiger partial charge in [-0.1, -0.05) is 0 Å². The summed E-state index contributed by atoms with van der Waals surface area (Å²) in [6.45, 7) is 5.44. The molecule has 0 amide bonds. The van der Waals surface area contributed by atoms with Crippen molar-refractivity contribution in [1.82, 2.24) is 20.4 Å². The fourth-order valence-corrected chi connectivity index (χ4v) is 2.32. The van der Waals surface area contributed by atoms with Crippen LogP contribution in [0.3, 0.4) is 0 Å². The molecule has 0 aromatic carbocycles. The summed E-state index contributed by atoms with van der Waals surface area (Å²) in [5, 5.41) is 10.3. The molecule has 0 spiro atoms. The van der Waals surface area contributed by atoms with Crippen molar-refractivity contribution >= 4 is 0 Å². The van der Waals surface area contributed by atoms with Gasteiger partial charge in [0.2, 0.25) is 0 Å². The first-order valence-corrected chi connectivity index (χ1v) is 5.68. The molecule has 0 aliphatic carbocycles. The van der Waals surface area contributed by atoms with Crippen LogP contribution in [0, 0.1) is 6.92 Å². The fraction of sp³-hybridized carbons (Fsp3) is 0.727. The van der Waals surface area contributed by atoms with Crippen LogP contribution in [0.15, 0.2) is 6.20 Å². The third kappa shape index (κ3) is 2.38. The van der Waals surface area contributed by atoms with Crippen molar-refractivity contribution in [3.8, 4) is 0 Å². The van der Waals surface area contributed by atoms with E-state index >= 15 is 0 Å². The van der Waals surface area contributed by atoms with Gasteiger partial charge in [-0.05, 0) is 33.4 Å². The fourth-order valence-electron chi connectivity index (χ4n) is 2.32. The molecule has 1 aromatic heterocycles. The molecule has 1 saturated heterocycles. The number of aryl methyl sites for hydroxylation is 1. The van der Waals surface area contributed by atoms with Gasteiger partial charge in [-0.3, -0.25) is 10.00 Å². The SMILES string of the molecule is CNCC1CCCN1Cc1cn[nH]c1C. The van der Waals surface area contributed by atoms with Gasteiger partial charge in [-0.15, -0.1) is 0 Å². The molecule has 2 heterocycles. The number of likely N-dealkylation sites (tertiary alicyclic amines) is 1. The Balaban J connectivity index is 1.96. The molecule has 0 bridgehead atoms. The maximum absolute atomic E-state index is 4.07. The largest absolute Gasteiger partial charge is 0.318 e. The van der Waals surface area contributed by atoms with Crippen LogP contribution in [0.5, 0.6) is 0 Å². The van der Waals surface area contributed by atoms with E-state index in [2.05, 4.69) is 27.3 Å². The lowest BCUT2D eigenvalue weighted by Crippen LogP contribution is -2.36. The number of likely N-dealkylation sites (N-methyl/N-ethyl adjacent to an activating group) is 1. The standard InChI is InChI=1S/C11H20N4/c1-9-10(6-13-14-9)8-15-5-3-4-11(15)7-12-2/h6,11-12H,3-5,7-8H2,1-2H3,(H,13,14). The summed E-state index contributed by atoms with van der Waals surface area (Å²) < 4.78 is 0. The lowest BCUT2D eigenvalue weighted by molar-refractivity contribution is 0.242. The zero-order valence-corrected chi connectivity index (χ0v) is 9.58. The highest BCUT2D eigenvalue weighted by atomic mass is 15.2. The summed E-state index contributed by atoms with van der Waals surface area (Å²) in [4.78, 5) is 2.55. The highest BCUT2D eigenvalue weighted by Crippen LogP contribution is 2.20. The summed E-state index contributed by atoms with van der Waals surface area (Å²) >= 11 is 0. The van der Waals surface area contributed by atoms with Crippen LogP contribution >= 0.6 is 0 Å². The van der Waals surface area contributed by atoms with Crippen LogP contribution in [0.25, 0.3) is 0 Å². The average molecular weight is 208 g/mol. The molecule has 1 aromatic rings. The molecule has 4 heteroatoms. The van der Waals surface area contributed by atoms with Crippen LogP contribution in [0.1, 0.15) is 24.1 Å². The first kappa shape index (κ1) is 10.6. The third-order valence-corrected chi connectivity index (χ3v) is 3.25. The van der Waals surface area contributed by atoms with Gasteiger partial charge < -0.3 is 5.32 Å². The van der Waals surface area contributed by atoms with E-state index < -0.39 is 0 Å². The van der Waals surface area contributed by atoms with Gasteiger partial charge >= 0.3 is 0 Å². The second-order valence-electron chi connectivity index (χ2n) is 4.34. The van der Waals surface area contributed by atoms with Gasteiger partial charge in [-0.2, -0.15) is 5.10 Å². The van der Waals surface area contributed by atoms with Crippen molar-refractivity contribution in [2.45, 2.75) is 32.4 Å². The summed E-state index contributed by atoms with van der Waals surface area (Å²) in [6.07, 6.45) is 4.59. The van der Waals surface area contributed by atoms with Gasteiger partial charge in [0.25, 0.3) is 0 Å². The molecule has 0 saturated carbocycles. The number of aromatic amines is 1. The van der Waals surface area contributed by atoms with E-state index in [1.54, 1.807) is 0 Å². The number of nitrogens with zero attached hydrogens (tertiary/aromatic N) is 2. The molecule has 2 N–H and O–H groups in total. The average Bonchev–Trinajstić information content (AvgIpc) is 2.80. The van der Waals surface area contributed by atoms with Crippen molar-refractivity contribution in [2.75, 3.05) is 20.1 Å². The molecule has 4 nitrogen and oxygen atoms in total. The number of nitrogens with one attached hydrogen (secondary N) is 2. The second-order valence-corrected chi connectivity index (χ2v) is 4.34. The van der Waals surface area contributed by atoms with E-state index in [1.807, 2.05) is 13.2 Å². The van der Waals surface area contributed by atoms with E-state index in [4.69, 9.17) is 0 Å². The lowest BCUT2D eigenvalue weighted by atomic mass is 10.2. The number of rotatable bonds is 4. The van der Waals surface area contributed by atoms with E-state index in [1.165, 1.54) is 30.6 Å². The molecule has 1 fully saturated rings. The molecule has 0 radical (unpaired) electrons. The maximum Gasteiger partial charge on any atom is 0.0535 e. The predicted octanol–water partition coefficient (Wildman–Crippen LogP) is 0.902. The Bertz CT molecular complexity index is 307. The second kappa shape index (κ2) is 4.77. The van der Waals surface area contributed by atoms with Crippen LogP contribution in [-0.2, 0) is 6.54 Å². The summed E-state index contributed by atoms with van der Waals surface area (Å²) in [5.41, 5.74) is 2.53. The van der Waals surface area contributed by atoms with Crippen LogP contribution in [0.2, 0.25) is 0 Å². The van der Waals surface area contributed by atoms with Crippen molar-refractivity contribution in [3.05, 3.63) is 17.5 Å². The molecular formula is C11H20N4. The minimum atomic E-state index is 0.698. The van der Waals surface area contributed by atoms with E-state index in [-0.39, 0.29) is 0 Å². The first-order chi connectivity index (χ1) is 7.31. The minimum Gasteiger partial charge on any atom is -0.318 e. The number of hydrogen-bond acceptors (Lipinski definition) is 3. The van der Waals surface area contributed by atoms with Gasteiger partial charge in [0.1, 0.15) is 0 Å². The Hall–Kier alpha value is -0.870. The van der Waals surface area contributed by atoms with Gasteiger partial charge in [0, 0.05) is 30.4 Å². The van der Waals surface area contributed by atoms with Crippen LogP contribution < -0.4 is 5.32 Å². The van der Waals surface area contributed by atoms with Gasteiger partial charge in [0.05, 0.1) is 6.20 Å². The third-order valence-electron chi connectivity index (χ3n) is 3.25. The summed E-state index contributed by atoms with van der Waals surface area (Å²) in [6, 6.07) is 0.698. The normalized spacial score (nSPS) is 22.4. The van der Waals surface area contributed by atoms with Crippen molar-refractivity contribution < 1.29 is 0 Å². The predicted molar refractivity (Wildman–Crippen MR) is 60.7 cm³/mol. The quantitative estimate of drug-likeness (QED) is 0.772. The first-order valence-electron chi connectivity index (χ1n) is 5.68. The zero-order chi connectivity index (χ0) is 10.7. The smallest absolute Gasteiger partial charge is 0.0535 e. The van der Waals surface area contributed by atoms with Crippen molar-refractivity contribution in [2.24, 2.45) is 0 Å². The molecule has 84 valence electrons. The van der Waals surface area contributed by atoms with E-state index in [9.17, 15) is 0 Å². The number of H-pyrrole nitrogens is 1. The number of hydrogen-bond donors (Lipinski definition) is 2. The van der Waals surface area contributed by atoms with Crippen LogP contribution in [-0.4, -0.2) is 41.3 Å². The van der Waals surface area contributed by atoms with E-state index in [0.717, 1.165) is 13.1 Å². The molecule has 15 heavy (non-hydrogen) atoms. The van der Waals surface area contributed by atoms with Crippen LogP contribution in [0.4, 0.5) is 0 Å². The monoisotopic (exact) mass is 208 g/mol. The molecule has 1 unspecified atom stereocenters. The van der Waals surface area contributed by atoms with Crippen molar-refractivity contribution in [1.29, 1.82) is 0 Å². The van der Waals surface area contributed by atoms with Crippen molar-refractivity contribution in [3.63, 3.8) is 0 Å². The van der Waals surface area contributed by atoms with Gasteiger partial charge in [0.15, 0.2) is 0 Å². The topological polar surface area (TPSA) is 44.0 Å². The molecule has 2 rings (SSSR count). The molecule has 1 aliphatic rings. The Morgan fingerprint density at radius 3 is 3.20 bits per heavy atom. The lowest BCUT2D eigenvalue weighted by Gasteiger charge is -2.23. The zero-order valence-electron chi connectivity index (χ0n) is 9.58. The maximum atomic E-state index is 4.07. The Morgan fingerprint density at radius 2 is 2.53 bits per heavy atom. The summed E-state index contributed by atoms with van der Waals surface area (Å²) in [7, 11) is 2.03. The Labute approximate surface area is 91.1 Å². The highest BCUT2D eigenvalue weighted by Gasteiger charge is 2.24. The molecular weight excluding hydrogens is 188 g/mol. The molecule has 1 atom stereocenters. The summed E-state index contributed by atoms with van der Waals surface area (Å²) in [5.74, 6) is 0. The van der Waals surface area contributed by atoms with E-state index in [0.29, 0.717) is 6.04 Å². The van der Waals surface area contributed by atoms with Gasteiger partial charge in [-0.25, -0.2) is 0 Å². The number of aromatic nitrogens is 2. The Morgan fingerprint density at radius 1 is 1.67 bits per heavy atom. The minimum absolute atomic E-state index is 0.698. The Kier molecular flexibility index (Phi) is 3.38. The highest BCUT2D eigenvalue weighted by molar-refractivity contribution is 5.14. The molecule has 1 aliphatic heterocycles.